The van der Waals surface area contributed by atoms with Gasteiger partial charge in [0.25, 0.3) is 11.5 Å². The quantitative estimate of drug-likeness (QED) is 0.598. The number of carbonyl (C=O) groups excluding carboxylic acids is 1. The third-order valence-electron chi connectivity index (χ3n) is 4.54. The molecule has 0 bridgehead atoms. The third-order valence-corrected chi connectivity index (χ3v) is 4.54. The van der Waals surface area contributed by atoms with Gasteiger partial charge in [-0.25, -0.2) is 4.39 Å². The van der Waals surface area contributed by atoms with Gasteiger partial charge in [0.15, 0.2) is 6.61 Å². The largest absolute Gasteiger partial charge is 0.482 e. The number of ether oxygens (including phenoxy) is 1. The van der Waals surface area contributed by atoms with Gasteiger partial charge in [0.05, 0.1) is 23.6 Å². The second-order valence-electron chi connectivity index (χ2n) is 7.01. The molecule has 4 rings (SSSR count). The van der Waals surface area contributed by atoms with Crippen molar-refractivity contribution in [3.05, 3.63) is 70.7 Å². The van der Waals surface area contributed by atoms with Crippen molar-refractivity contribution in [3.63, 3.8) is 0 Å². The Morgan fingerprint density at radius 1 is 1.26 bits per heavy atom. The minimum atomic E-state index is -4.65. The van der Waals surface area contributed by atoms with Crippen molar-refractivity contribution in [2.75, 3.05) is 11.9 Å². The van der Waals surface area contributed by atoms with Crippen molar-refractivity contribution in [1.29, 1.82) is 0 Å². The van der Waals surface area contributed by atoms with Crippen LogP contribution in [0.2, 0.25) is 0 Å². The smallest absolute Gasteiger partial charge is 0.422 e. The van der Waals surface area contributed by atoms with Gasteiger partial charge in [-0.05, 0) is 37.1 Å². The maximum atomic E-state index is 13.6. The number of alkyl halides is 3. The average molecular weight is 436 g/mol. The van der Waals surface area contributed by atoms with Gasteiger partial charge in [0, 0.05) is 18.5 Å². The molecule has 0 saturated heterocycles. The summed E-state index contributed by atoms with van der Waals surface area (Å²) in [5.41, 5.74) is -0.791. The van der Waals surface area contributed by atoms with Gasteiger partial charge in [-0.1, -0.05) is 0 Å². The number of benzene rings is 1. The van der Waals surface area contributed by atoms with Crippen LogP contribution in [0.4, 0.5) is 23.2 Å². The maximum absolute atomic E-state index is 13.6. The molecule has 1 aliphatic rings. The highest BCUT2D eigenvalue weighted by molar-refractivity contribution is 6.03. The number of nitrogens with one attached hydrogen (secondary N) is 1. The summed E-state index contributed by atoms with van der Waals surface area (Å²) in [5, 5.41) is 6.72. The predicted molar refractivity (Wildman–Crippen MR) is 102 cm³/mol. The SMILES string of the molecule is O=C(Nc1cnn(C2CC2)c1)c1cccn(-c2ccc(F)cc2OCC(F)(F)F)c1=O. The highest BCUT2D eigenvalue weighted by atomic mass is 19.4. The van der Waals surface area contributed by atoms with Crippen LogP contribution in [0.25, 0.3) is 5.69 Å². The number of halogens is 4. The highest BCUT2D eigenvalue weighted by Crippen LogP contribution is 2.34. The number of pyridine rings is 1. The van der Waals surface area contributed by atoms with Crippen LogP contribution in [0.15, 0.2) is 53.7 Å². The molecule has 11 heteroatoms. The summed E-state index contributed by atoms with van der Waals surface area (Å²) in [7, 11) is 0. The number of aromatic nitrogens is 3. The number of nitrogens with zero attached hydrogens (tertiary/aromatic N) is 3. The number of carbonyl (C=O) groups is 1. The monoisotopic (exact) mass is 436 g/mol. The van der Waals surface area contributed by atoms with E-state index in [4.69, 9.17) is 0 Å². The van der Waals surface area contributed by atoms with E-state index in [-0.39, 0.29) is 11.3 Å². The van der Waals surface area contributed by atoms with Crippen LogP contribution in [0.5, 0.6) is 5.75 Å². The number of amides is 1. The van der Waals surface area contributed by atoms with Crippen LogP contribution in [-0.4, -0.2) is 33.0 Å². The lowest BCUT2D eigenvalue weighted by molar-refractivity contribution is -0.153. The highest BCUT2D eigenvalue weighted by Gasteiger charge is 2.29. The van der Waals surface area contributed by atoms with Gasteiger partial charge in [0.2, 0.25) is 0 Å². The summed E-state index contributed by atoms with van der Waals surface area (Å²) in [6, 6.07) is 5.78. The zero-order chi connectivity index (χ0) is 22.2. The van der Waals surface area contributed by atoms with E-state index < -0.39 is 35.8 Å². The third kappa shape index (κ3) is 4.76. The van der Waals surface area contributed by atoms with Gasteiger partial charge < -0.3 is 10.1 Å². The van der Waals surface area contributed by atoms with Crippen LogP contribution < -0.4 is 15.6 Å². The van der Waals surface area contributed by atoms with E-state index >= 15 is 0 Å². The zero-order valence-corrected chi connectivity index (χ0v) is 15.9. The lowest BCUT2D eigenvalue weighted by Crippen LogP contribution is -2.28. The molecule has 0 radical (unpaired) electrons. The number of rotatable bonds is 6. The molecule has 1 saturated carbocycles. The molecule has 1 aromatic carbocycles. The predicted octanol–water partition coefficient (Wildman–Crippen LogP) is 3.70. The van der Waals surface area contributed by atoms with E-state index in [1.807, 2.05) is 0 Å². The fraction of sp³-hybridized carbons (Fsp3) is 0.250. The molecule has 1 amide bonds. The van der Waals surface area contributed by atoms with E-state index in [0.717, 1.165) is 35.6 Å². The van der Waals surface area contributed by atoms with Crippen LogP contribution in [-0.2, 0) is 0 Å². The second kappa shape index (κ2) is 7.89. The minimum absolute atomic E-state index is 0.133. The van der Waals surface area contributed by atoms with E-state index in [0.29, 0.717) is 11.7 Å². The molecule has 7 nitrogen and oxygen atoms in total. The van der Waals surface area contributed by atoms with Crippen LogP contribution in [0.1, 0.15) is 29.2 Å². The number of hydrogen-bond acceptors (Lipinski definition) is 4. The first-order chi connectivity index (χ1) is 14.7. The van der Waals surface area contributed by atoms with Gasteiger partial charge in [-0.2, -0.15) is 18.3 Å². The molecule has 0 atom stereocenters. The van der Waals surface area contributed by atoms with Crippen molar-refractivity contribution in [2.24, 2.45) is 0 Å². The Bertz CT molecular complexity index is 1180. The Balaban J connectivity index is 1.62. The molecule has 0 spiro atoms. The minimum Gasteiger partial charge on any atom is -0.482 e. The van der Waals surface area contributed by atoms with Crippen molar-refractivity contribution >= 4 is 11.6 Å². The molecule has 1 aliphatic carbocycles. The van der Waals surface area contributed by atoms with Gasteiger partial charge >= 0.3 is 6.18 Å². The van der Waals surface area contributed by atoms with Crippen LogP contribution >= 0.6 is 0 Å². The normalized spacial score (nSPS) is 13.8. The Kier molecular flexibility index (Phi) is 5.25. The maximum Gasteiger partial charge on any atom is 0.422 e. The summed E-state index contributed by atoms with van der Waals surface area (Å²) in [5.74, 6) is -2.03. The molecule has 31 heavy (non-hydrogen) atoms. The van der Waals surface area contributed by atoms with Gasteiger partial charge in [0.1, 0.15) is 17.1 Å². The number of anilines is 1. The Morgan fingerprint density at radius 3 is 2.74 bits per heavy atom. The molecule has 1 N–H and O–H groups in total. The molecular weight excluding hydrogens is 420 g/mol. The lowest BCUT2D eigenvalue weighted by atomic mass is 10.2. The zero-order valence-electron chi connectivity index (χ0n) is 15.9. The summed E-state index contributed by atoms with van der Waals surface area (Å²) < 4.78 is 58.5. The van der Waals surface area contributed by atoms with Crippen molar-refractivity contribution < 1.29 is 27.1 Å². The summed E-state index contributed by atoms with van der Waals surface area (Å²) in [4.78, 5) is 25.5. The van der Waals surface area contributed by atoms with Crippen molar-refractivity contribution in [2.45, 2.75) is 25.1 Å². The second-order valence-corrected chi connectivity index (χ2v) is 7.01. The fourth-order valence-electron chi connectivity index (χ4n) is 2.96. The van der Waals surface area contributed by atoms with Crippen molar-refractivity contribution in [1.82, 2.24) is 14.3 Å². The molecule has 1 fully saturated rings. The van der Waals surface area contributed by atoms with E-state index in [1.165, 1.54) is 24.5 Å². The van der Waals surface area contributed by atoms with Gasteiger partial charge in [-0.3, -0.25) is 18.8 Å². The standard InChI is InChI=1S/C20H16F4N4O3/c21-12-3-6-16(17(8-12)31-11-20(22,23)24)27-7-1-2-15(19(27)30)18(29)26-13-9-25-28(10-13)14-4-5-14/h1-3,6-10,14H,4-5,11H2,(H,26,29). The Morgan fingerprint density at radius 2 is 2.03 bits per heavy atom. The van der Waals surface area contributed by atoms with Crippen LogP contribution in [0.3, 0.4) is 0 Å². The molecule has 162 valence electrons. The first kappa shape index (κ1) is 20.6. The molecule has 2 aromatic heterocycles. The Hall–Kier alpha value is -3.63. The first-order valence-corrected chi connectivity index (χ1v) is 9.28. The molecular formula is C20H16F4N4O3. The van der Waals surface area contributed by atoms with Crippen molar-refractivity contribution in [3.8, 4) is 11.4 Å². The summed E-state index contributed by atoms with van der Waals surface area (Å²) in [6.07, 6.45) is 1.73. The fourth-order valence-corrected chi connectivity index (χ4v) is 2.96. The first-order valence-electron chi connectivity index (χ1n) is 9.28. The van der Waals surface area contributed by atoms with Gasteiger partial charge in [-0.15, -0.1) is 0 Å². The lowest BCUT2D eigenvalue weighted by Gasteiger charge is -2.15. The number of hydrogen-bond donors (Lipinski definition) is 1. The molecule has 0 unspecified atom stereocenters. The molecule has 2 heterocycles. The Labute approximate surface area is 172 Å². The van der Waals surface area contributed by atoms with E-state index in [9.17, 15) is 27.2 Å². The topological polar surface area (TPSA) is 78.2 Å². The average Bonchev–Trinajstić information content (AvgIpc) is 3.46. The molecule has 3 aromatic rings. The van der Waals surface area contributed by atoms with E-state index in [2.05, 4.69) is 15.2 Å². The van der Waals surface area contributed by atoms with Crippen LogP contribution in [0, 0.1) is 5.82 Å². The molecule has 0 aliphatic heterocycles. The summed E-state index contributed by atoms with van der Waals surface area (Å²) >= 11 is 0. The van der Waals surface area contributed by atoms with E-state index in [1.54, 1.807) is 10.9 Å². The summed E-state index contributed by atoms with van der Waals surface area (Å²) in [6.45, 7) is -1.66.